The Hall–Kier alpha value is -0.0700. The molecule has 0 aromatic heterocycles. The number of aryl methyl sites for hydroxylation is 1. The molecule has 0 aliphatic carbocycles. The second-order valence-corrected chi connectivity index (χ2v) is 10.8. The molecule has 1 aromatic carbocycles. The Morgan fingerprint density at radius 2 is 1.29 bits per heavy atom. The van der Waals surface area contributed by atoms with Crippen LogP contribution in [0.4, 0.5) is 0 Å². The molecule has 174 valence electrons. The summed E-state index contributed by atoms with van der Waals surface area (Å²) < 4.78 is 40.7. The Morgan fingerprint density at radius 3 is 1.81 bits per heavy atom. The summed E-state index contributed by atoms with van der Waals surface area (Å²) in [5.74, 6) is 0.552. The van der Waals surface area contributed by atoms with Gasteiger partial charge in [0.15, 0.2) is 4.93 Å². The first-order valence-electron chi connectivity index (χ1n) is 12.0. The van der Waals surface area contributed by atoms with Crippen LogP contribution in [0, 0.1) is 0 Å². The fraction of sp³-hybridized carbons (Fsp3) is 0.760. The van der Waals surface area contributed by atoms with Crippen LogP contribution in [-0.4, -0.2) is 17.9 Å². The number of hydrogen-bond acceptors (Lipinski definition) is 4. The molecular formula is C25H43NaO4S. The monoisotopic (exact) mass is 462 g/mol. The van der Waals surface area contributed by atoms with E-state index in [-0.39, 0.29) is 29.6 Å². The van der Waals surface area contributed by atoms with E-state index in [2.05, 4.69) is 19.9 Å². The van der Waals surface area contributed by atoms with Crippen LogP contribution >= 0.6 is 0 Å². The first-order valence-corrected chi connectivity index (χ1v) is 13.4. The van der Waals surface area contributed by atoms with Crippen LogP contribution in [0.3, 0.4) is 0 Å². The van der Waals surface area contributed by atoms with Crippen LogP contribution in [0.15, 0.2) is 18.2 Å². The van der Waals surface area contributed by atoms with Crippen molar-refractivity contribution in [3.05, 3.63) is 29.3 Å². The molecule has 0 fully saturated rings. The van der Waals surface area contributed by atoms with E-state index in [0.717, 1.165) is 37.7 Å². The van der Waals surface area contributed by atoms with Gasteiger partial charge in [0.05, 0.1) is 0 Å². The SMILES string of the molecule is CCCCCCCCc1cccc(OC(C)(C)S(=O)(=O)[O-])c1CCCCCCCC.[Na+]. The van der Waals surface area contributed by atoms with Gasteiger partial charge in [-0.3, -0.25) is 0 Å². The summed E-state index contributed by atoms with van der Waals surface area (Å²) in [5.41, 5.74) is 2.31. The molecule has 0 aliphatic heterocycles. The van der Waals surface area contributed by atoms with Gasteiger partial charge >= 0.3 is 29.6 Å². The third-order valence-electron chi connectivity index (χ3n) is 5.77. The van der Waals surface area contributed by atoms with E-state index in [1.807, 2.05) is 12.1 Å². The Labute approximate surface area is 214 Å². The maximum Gasteiger partial charge on any atom is 1.00 e. The second kappa shape index (κ2) is 16.5. The number of rotatable bonds is 17. The molecule has 0 N–H and O–H groups in total. The molecule has 1 aromatic rings. The maximum atomic E-state index is 11.6. The van der Waals surface area contributed by atoms with Crippen LogP contribution < -0.4 is 34.3 Å². The van der Waals surface area contributed by atoms with Crippen molar-refractivity contribution in [2.75, 3.05) is 0 Å². The van der Waals surface area contributed by atoms with E-state index < -0.39 is 15.1 Å². The fourth-order valence-corrected chi connectivity index (χ4v) is 3.91. The molecule has 0 saturated carbocycles. The predicted molar refractivity (Wildman–Crippen MR) is 125 cm³/mol. The van der Waals surface area contributed by atoms with Crippen molar-refractivity contribution in [3.8, 4) is 5.75 Å². The van der Waals surface area contributed by atoms with Crippen molar-refractivity contribution >= 4 is 10.1 Å². The third-order valence-corrected chi connectivity index (χ3v) is 7.06. The summed E-state index contributed by atoms with van der Waals surface area (Å²) in [7, 11) is -4.57. The van der Waals surface area contributed by atoms with Gasteiger partial charge in [0.25, 0.3) is 0 Å². The molecule has 0 spiro atoms. The van der Waals surface area contributed by atoms with Gasteiger partial charge in [0.1, 0.15) is 15.9 Å². The van der Waals surface area contributed by atoms with Gasteiger partial charge in [-0.15, -0.1) is 0 Å². The van der Waals surface area contributed by atoms with Gasteiger partial charge < -0.3 is 9.29 Å². The zero-order chi connectivity index (χ0) is 22.5. The number of hydrogen-bond donors (Lipinski definition) is 0. The van der Waals surface area contributed by atoms with E-state index >= 15 is 0 Å². The number of unbranched alkanes of at least 4 members (excludes halogenated alkanes) is 10. The van der Waals surface area contributed by atoms with Gasteiger partial charge in [-0.1, -0.05) is 90.2 Å². The smallest absolute Gasteiger partial charge is 0.745 e. The van der Waals surface area contributed by atoms with Crippen LogP contribution in [0.2, 0.25) is 0 Å². The molecule has 0 bridgehead atoms. The molecule has 0 amide bonds. The van der Waals surface area contributed by atoms with Gasteiger partial charge in [0, 0.05) is 0 Å². The summed E-state index contributed by atoms with van der Waals surface area (Å²) in [6.07, 6.45) is 16.5. The summed E-state index contributed by atoms with van der Waals surface area (Å²) in [4.78, 5) is -1.78. The average molecular weight is 463 g/mol. The standard InChI is InChI=1S/C25H44O4S.Na/c1-5-7-9-11-13-15-18-22-19-17-21-24(29-25(3,4)30(26,27)28)23(22)20-16-14-12-10-8-6-2;/h17,19,21H,5-16,18,20H2,1-4H3,(H,26,27,28);/q;+1/p-1. The molecular weight excluding hydrogens is 419 g/mol. The predicted octanol–water partition coefficient (Wildman–Crippen LogP) is 4.16. The molecule has 0 unspecified atom stereocenters. The largest absolute Gasteiger partial charge is 1.00 e. The van der Waals surface area contributed by atoms with Gasteiger partial charge in [-0.05, 0) is 56.7 Å². The quantitative estimate of drug-likeness (QED) is 0.198. The molecule has 0 saturated heterocycles. The second-order valence-electron chi connectivity index (χ2n) is 8.89. The summed E-state index contributed by atoms with van der Waals surface area (Å²) in [5, 5.41) is 0. The average Bonchev–Trinajstić information content (AvgIpc) is 2.67. The Bertz CT molecular complexity index is 701. The Morgan fingerprint density at radius 1 is 0.806 bits per heavy atom. The van der Waals surface area contributed by atoms with Gasteiger partial charge in [-0.2, -0.15) is 0 Å². The number of benzene rings is 1. The molecule has 1 rings (SSSR count). The van der Waals surface area contributed by atoms with Crippen LogP contribution in [0.1, 0.15) is 116 Å². The minimum atomic E-state index is -4.57. The first kappa shape index (κ1) is 30.9. The van der Waals surface area contributed by atoms with Gasteiger partial charge in [0.2, 0.25) is 0 Å². The zero-order valence-corrected chi connectivity index (χ0v) is 23.5. The third kappa shape index (κ3) is 12.1. The summed E-state index contributed by atoms with van der Waals surface area (Å²) >= 11 is 0. The molecule has 0 radical (unpaired) electrons. The van der Waals surface area contributed by atoms with Crippen molar-refractivity contribution < 1.29 is 47.3 Å². The van der Waals surface area contributed by atoms with Crippen LogP contribution in [0.25, 0.3) is 0 Å². The van der Waals surface area contributed by atoms with Crippen molar-refractivity contribution in [2.45, 2.75) is 123 Å². The minimum absolute atomic E-state index is 0. The summed E-state index contributed by atoms with van der Waals surface area (Å²) in [6, 6.07) is 5.86. The van der Waals surface area contributed by atoms with Crippen molar-refractivity contribution in [1.29, 1.82) is 0 Å². The maximum absolute atomic E-state index is 11.6. The molecule has 0 atom stereocenters. The molecule has 0 aliphatic rings. The molecule has 6 heteroatoms. The van der Waals surface area contributed by atoms with E-state index in [4.69, 9.17) is 4.74 Å². The van der Waals surface area contributed by atoms with E-state index in [0.29, 0.717) is 5.75 Å². The van der Waals surface area contributed by atoms with E-state index in [1.54, 1.807) is 0 Å². The minimum Gasteiger partial charge on any atom is -0.745 e. The van der Waals surface area contributed by atoms with Crippen molar-refractivity contribution in [2.24, 2.45) is 0 Å². The summed E-state index contributed by atoms with van der Waals surface area (Å²) in [6.45, 7) is 7.12. The topological polar surface area (TPSA) is 66.4 Å². The zero-order valence-electron chi connectivity index (χ0n) is 20.7. The van der Waals surface area contributed by atoms with Crippen molar-refractivity contribution in [3.63, 3.8) is 0 Å². The van der Waals surface area contributed by atoms with Crippen LogP contribution in [-0.2, 0) is 23.0 Å². The van der Waals surface area contributed by atoms with Crippen molar-refractivity contribution in [1.82, 2.24) is 0 Å². The molecule has 31 heavy (non-hydrogen) atoms. The normalized spacial score (nSPS) is 11.9. The van der Waals surface area contributed by atoms with E-state index in [9.17, 15) is 13.0 Å². The number of ether oxygens (including phenoxy) is 1. The first-order chi connectivity index (χ1) is 14.2. The Kier molecular flexibility index (Phi) is 16.5. The molecule has 4 nitrogen and oxygen atoms in total. The Balaban J connectivity index is 0.00000900. The van der Waals surface area contributed by atoms with Crippen LogP contribution in [0.5, 0.6) is 5.75 Å². The van der Waals surface area contributed by atoms with Gasteiger partial charge in [-0.25, -0.2) is 8.42 Å². The van der Waals surface area contributed by atoms with E-state index in [1.165, 1.54) is 77.2 Å². The fourth-order valence-electron chi connectivity index (χ4n) is 3.72. The molecule has 0 heterocycles.